The summed E-state index contributed by atoms with van der Waals surface area (Å²) in [5.41, 5.74) is 1.36. The fourth-order valence-corrected chi connectivity index (χ4v) is 2.79. The zero-order chi connectivity index (χ0) is 12.8. The van der Waals surface area contributed by atoms with Crippen molar-refractivity contribution in [2.45, 2.75) is 25.7 Å². The molecule has 18 heavy (non-hydrogen) atoms. The predicted octanol–water partition coefficient (Wildman–Crippen LogP) is 2.98. The summed E-state index contributed by atoms with van der Waals surface area (Å²) < 4.78 is 0. The van der Waals surface area contributed by atoms with Gasteiger partial charge < -0.3 is 10.0 Å². The second-order valence-corrected chi connectivity index (χ2v) is 5.66. The second-order valence-electron chi connectivity index (χ2n) is 5.22. The average molecular weight is 268 g/mol. The zero-order valence-electron chi connectivity index (χ0n) is 10.8. The van der Waals surface area contributed by atoms with Crippen LogP contribution in [0.1, 0.15) is 24.8 Å². The van der Waals surface area contributed by atoms with Crippen molar-refractivity contribution in [3.05, 3.63) is 34.9 Å². The molecule has 1 N–H and O–H groups in total. The molecule has 1 heterocycles. The first-order chi connectivity index (χ1) is 8.78. The molecule has 0 radical (unpaired) electrons. The average Bonchev–Trinajstić information content (AvgIpc) is 2.41. The molecule has 0 saturated carbocycles. The zero-order valence-corrected chi connectivity index (χ0v) is 11.6. The van der Waals surface area contributed by atoms with Crippen LogP contribution >= 0.6 is 11.6 Å². The van der Waals surface area contributed by atoms with Gasteiger partial charge in [-0.1, -0.05) is 23.7 Å². The Morgan fingerprint density at radius 1 is 1.28 bits per heavy atom. The first kappa shape index (κ1) is 13.9. The molecule has 1 saturated heterocycles. The number of aliphatic hydroxyl groups is 1. The summed E-state index contributed by atoms with van der Waals surface area (Å²) >= 11 is 5.87. The third-order valence-electron chi connectivity index (χ3n) is 3.71. The Morgan fingerprint density at radius 2 is 2.06 bits per heavy atom. The number of hydrogen-bond donors (Lipinski definition) is 1. The Kier molecular flexibility index (Phi) is 5.48. The predicted molar refractivity (Wildman–Crippen MR) is 76.0 cm³/mol. The number of aliphatic hydroxyl groups excluding tert-OH is 1. The van der Waals surface area contributed by atoms with Crippen LogP contribution in [0.3, 0.4) is 0 Å². The fraction of sp³-hybridized carbons (Fsp3) is 0.600. The van der Waals surface area contributed by atoms with Crippen LogP contribution in [-0.4, -0.2) is 36.2 Å². The highest BCUT2D eigenvalue weighted by molar-refractivity contribution is 6.30. The number of rotatable bonds is 5. The number of aryl methyl sites for hydroxylation is 1. The first-order valence-corrected chi connectivity index (χ1v) is 7.23. The Morgan fingerprint density at radius 3 is 2.78 bits per heavy atom. The largest absolute Gasteiger partial charge is 0.396 e. The molecule has 2 nitrogen and oxygen atoms in total. The number of benzene rings is 1. The molecular formula is C15H22ClNO. The van der Waals surface area contributed by atoms with Crippen molar-refractivity contribution in [3.63, 3.8) is 0 Å². The van der Waals surface area contributed by atoms with E-state index in [1.165, 1.54) is 31.4 Å². The summed E-state index contributed by atoms with van der Waals surface area (Å²) in [4.78, 5) is 2.49. The normalized spacial score (nSPS) is 21.1. The van der Waals surface area contributed by atoms with Crippen LogP contribution in [0.25, 0.3) is 0 Å². The van der Waals surface area contributed by atoms with E-state index in [2.05, 4.69) is 17.0 Å². The van der Waals surface area contributed by atoms with Gasteiger partial charge >= 0.3 is 0 Å². The van der Waals surface area contributed by atoms with Crippen molar-refractivity contribution in [2.75, 3.05) is 26.2 Å². The summed E-state index contributed by atoms with van der Waals surface area (Å²) in [6, 6.07) is 8.13. The van der Waals surface area contributed by atoms with Crippen molar-refractivity contribution in [2.24, 2.45) is 5.92 Å². The minimum atomic E-state index is 0.341. The first-order valence-electron chi connectivity index (χ1n) is 6.85. The molecule has 1 atom stereocenters. The van der Waals surface area contributed by atoms with E-state index < -0.39 is 0 Å². The fourth-order valence-electron chi connectivity index (χ4n) is 2.66. The number of halogens is 1. The summed E-state index contributed by atoms with van der Waals surface area (Å²) in [6.07, 6.45) is 4.70. The van der Waals surface area contributed by atoms with Gasteiger partial charge in [0.15, 0.2) is 0 Å². The van der Waals surface area contributed by atoms with E-state index in [0.29, 0.717) is 12.5 Å². The maximum atomic E-state index is 9.20. The third kappa shape index (κ3) is 4.27. The van der Waals surface area contributed by atoms with Gasteiger partial charge in [-0.2, -0.15) is 0 Å². The van der Waals surface area contributed by atoms with Crippen molar-refractivity contribution >= 4 is 11.6 Å². The van der Waals surface area contributed by atoms with Crippen molar-refractivity contribution in [1.29, 1.82) is 0 Å². The molecule has 0 spiro atoms. The van der Waals surface area contributed by atoms with Gasteiger partial charge in [-0.3, -0.25) is 0 Å². The van der Waals surface area contributed by atoms with E-state index >= 15 is 0 Å². The second kappa shape index (κ2) is 7.13. The molecule has 0 amide bonds. The van der Waals surface area contributed by atoms with Crippen LogP contribution in [0.15, 0.2) is 24.3 Å². The van der Waals surface area contributed by atoms with E-state index in [9.17, 15) is 5.11 Å². The van der Waals surface area contributed by atoms with Crippen molar-refractivity contribution < 1.29 is 5.11 Å². The molecule has 1 aromatic carbocycles. The van der Waals surface area contributed by atoms with Gasteiger partial charge in [-0.25, -0.2) is 0 Å². The molecule has 3 heteroatoms. The van der Waals surface area contributed by atoms with Crippen LogP contribution in [0.2, 0.25) is 5.02 Å². The monoisotopic (exact) mass is 267 g/mol. The number of hydrogen-bond acceptors (Lipinski definition) is 2. The SMILES string of the molecule is OCC1CCCN(CCCc2ccc(Cl)cc2)C1. The van der Waals surface area contributed by atoms with Gasteiger partial charge in [-0.15, -0.1) is 0 Å². The molecule has 1 aliphatic rings. The molecule has 100 valence electrons. The molecule has 0 aromatic heterocycles. The van der Waals surface area contributed by atoms with E-state index in [1.54, 1.807) is 0 Å². The highest BCUT2D eigenvalue weighted by Gasteiger charge is 2.18. The lowest BCUT2D eigenvalue weighted by Gasteiger charge is -2.31. The lowest BCUT2D eigenvalue weighted by Crippen LogP contribution is -2.37. The molecule has 1 unspecified atom stereocenters. The summed E-state index contributed by atoms with van der Waals surface area (Å²) in [6.45, 7) is 3.74. The Balaban J connectivity index is 1.70. The maximum Gasteiger partial charge on any atom is 0.0471 e. The molecule has 0 bridgehead atoms. The van der Waals surface area contributed by atoms with Gasteiger partial charge in [0.1, 0.15) is 0 Å². The highest BCUT2D eigenvalue weighted by Crippen LogP contribution is 2.16. The molecular weight excluding hydrogens is 246 g/mol. The van der Waals surface area contributed by atoms with Crippen molar-refractivity contribution in [3.8, 4) is 0 Å². The van der Waals surface area contributed by atoms with Gasteiger partial charge in [0.2, 0.25) is 0 Å². The Hall–Kier alpha value is -0.570. The van der Waals surface area contributed by atoms with Crippen LogP contribution in [-0.2, 0) is 6.42 Å². The Labute approximate surface area is 115 Å². The van der Waals surface area contributed by atoms with E-state index in [0.717, 1.165) is 24.5 Å². The number of nitrogens with zero attached hydrogens (tertiary/aromatic N) is 1. The quantitative estimate of drug-likeness (QED) is 0.887. The van der Waals surface area contributed by atoms with Gasteiger partial charge in [0.25, 0.3) is 0 Å². The van der Waals surface area contributed by atoms with Crippen LogP contribution in [0.4, 0.5) is 0 Å². The van der Waals surface area contributed by atoms with Gasteiger partial charge in [-0.05, 0) is 62.4 Å². The molecule has 0 aliphatic carbocycles. The maximum absolute atomic E-state index is 9.20. The van der Waals surface area contributed by atoms with Crippen LogP contribution < -0.4 is 0 Å². The molecule has 1 aliphatic heterocycles. The number of likely N-dealkylation sites (tertiary alicyclic amines) is 1. The third-order valence-corrected chi connectivity index (χ3v) is 3.97. The minimum Gasteiger partial charge on any atom is -0.396 e. The summed E-state index contributed by atoms with van der Waals surface area (Å²) in [7, 11) is 0. The van der Waals surface area contributed by atoms with Gasteiger partial charge in [0.05, 0.1) is 0 Å². The molecule has 1 aromatic rings. The minimum absolute atomic E-state index is 0.341. The summed E-state index contributed by atoms with van der Waals surface area (Å²) in [5, 5.41) is 10.0. The van der Waals surface area contributed by atoms with Crippen LogP contribution in [0.5, 0.6) is 0 Å². The topological polar surface area (TPSA) is 23.5 Å². The Bertz CT molecular complexity index is 352. The molecule has 1 fully saturated rings. The van der Waals surface area contributed by atoms with Crippen LogP contribution in [0, 0.1) is 5.92 Å². The summed E-state index contributed by atoms with van der Waals surface area (Å²) in [5.74, 6) is 0.495. The lowest BCUT2D eigenvalue weighted by molar-refractivity contribution is 0.120. The van der Waals surface area contributed by atoms with E-state index in [-0.39, 0.29) is 0 Å². The van der Waals surface area contributed by atoms with E-state index in [1.807, 2.05) is 12.1 Å². The van der Waals surface area contributed by atoms with Crippen molar-refractivity contribution in [1.82, 2.24) is 4.90 Å². The van der Waals surface area contributed by atoms with E-state index in [4.69, 9.17) is 11.6 Å². The van der Waals surface area contributed by atoms with Gasteiger partial charge in [0, 0.05) is 18.2 Å². The highest BCUT2D eigenvalue weighted by atomic mass is 35.5. The molecule has 2 rings (SSSR count). The standard InChI is InChI=1S/C15H22ClNO/c16-15-7-5-13(6-8-15)3-1-9-17-10-2-4-14(11-17)12-18/h5-8,14,18H,1-4,9-12H2. The lowest BCUT2D eigenvalue weighted by atomic mass is 9.98. The smallest absolute Gasteiger partial charge is 0.0471 e. The number of piperidine rings is 1.